The average Bonchev–Trinajstić information content (AvgIpc) is 2.99. The average molecular weight is 337 g/mol. The Morgan fingerprint density at radius 3 is 2.43 bits per heavy atom. The standard InChI is InChI=1S/C14H15N3O5S/c1-21-8-4-3-5-9(22-2)12(8)13(20)15-14-17-16-10(23-14)6-7-11(18)19/h3-5H,6-7H2,1-2H3,(H,18,19)(H,15,17,20). The summed E-state index contributed by atoms with van der Waals surface area (Å²) in [7, 11) is 2.92. The Morgan fingerprint density at radius 1 is 1.22 bits per heavy atom. The first-order chi connectivity index (χ1) is 11.0. The van der Waals surface area contributed by atoms with E-state index in [1.54, 1.807) is 18.2 Å². The lowest BCUT2D eigenvalue weighted by molar-refractivity contribution is -0.136. The van der Waals surface area contributed by atoms with Crippen LogP contribution in [-0.2, 0) is 11.2 Å². The van der Waals surface area contributed by atoms with E-state index in [-0.39, 0.29) is 23.5 Å². The van der Waals surface area contributed by atoms with Gasteiger partial charge in [0.2, 0.25) is 5.13 Å². The fraction of sp³-hybridized carbons (Fsp3) is 0.286. The summed E-state index contributed by atoms with van der Waals surface area (Å²) in [6, 6.07) is 5.01. The zero-order chi connectivity index (χ0) is 16.8. The maximum Gasteiger partial charge on any atom is 0.303 e. The molecule has 0 atom stereocenters. The predicted octanol–water partition coefficient (Wildman–Crippen LogP) is 1.82. The number of aliphatic carboxylic acids is 1. The normalized spacial score (nSPS) is 10.2. The van der Waals surface area contributed by atoms with Gasteiger partial charge in [0.1, 0.15) is 22.1 Å². The van der Waals surface area contributed by atoms with Gasteiger partial charge in [0.15, 0.2) is 0 Å². The van der Waals surface area contributed by atoms with Gasteiger partial charge >= 0.3 is 5.97 Å². The van der Waals surface area contributed by atoms with Gasteiger partial charge in [-0.2, -0.15) is 0 Å². The molecular weight excluding hydrogens is 322 g/mol. The summed E-state index contributed by atoms with van der Waals surface area (Å²) in [5, 5.41) is 19.8. The van der Waals surface area contributed by atoms with Crippen molar-refractivity contribution in [1.29, 1.82) is 0 Å². The van der Waals surface area contributed by atoms with Crippen molar-refractivity contribution in [3.63, 3.8) is 0 Å². The summed E-state index contributed by atoms with van der Waals surface area (Å²) in [6.07, 6.45) is 0.226. The van der Waals surface area contributed by atoms with Crippen LogP contribution in [0.2, 0.25) is 0 Å². The van der Waals surface area contributed by atoms with E-state index in [4.69, 9.17) is 14.6 Å². The molecule has 0 bridgehead atoms. The minimum absolute atomic E-state index is 0.0388. The summed E-state index contributed by atoms with van der Waals surface area (Å²) >= 11 is 1.13. The van der Waals surface area contributed by atoms with E-state index in [1.165, 1.54) is 14.2 Å². The zero-order valence-corrected chi connectivity index (χ0v) is 13.3. The smallest absolute Gasteiger partial charge is 0.303 e. The van der Waals surface area contributed by atoms with Crippen LogP contribution in [0.1, 0.15) is 21.8 Å². The summed E-state index contributed by atoms with van der Waals surface area (Å²) in [6.45, 7) is 0. The summed E-state index contributed by atoms with van der Waals surface area (Å²) in [5.74, 6) is -0.611. The molecule has 122 valence electrons. The Labute approximate surface area is 136 Å². The highest BCUT2D eigenvalue weighted by atomic mass is 32.1. The van der Waals surface area contributed by atoms with Crippen molar-refractivity contribution >= 4 is 28.3 Å². The molecular formula is C14H15N3O5S. The Bertz CT molecular complexity index is 694. The number of ether oxygens (including phenoxy) is 2. The van der Waals surface area contributed by atoms with Crippen LogP contribution in [0.5, 0.6) is 11.5 Å². The number of benzene rings is 1. The van der Waals surface area contributed by atoms with E-state index in [0.717, 1.165) is 11.3 Å². The van der Waals surface area contributed by atoms with Crippen molar-refractivity contribution in [3.05, 3.63) is 28.8 Å². The SMILES string of the molecule is COc1cccc(OC)c1C(=O)Nc1nnc(CCC(=O)O)s1. The first kappa shape index (κ1) is 16.7. The van der Waals surface area contributed by atoms with Gasteiger partial charge in [-0.15, -0.1) is 10.2 Å². The quantitative estimate of drug-likeness (QED) is 0.793. The highest BCUT2D eigenvalue weighted by Crippen LogP contribution is 2.29. The monoisotopic (exact) mass is 337 g/mol. The third-order valence-corrected chi connectivity index (χ3v) is 3.79. The molecule has 0 unspecified atom stereocenters. The minimum atomic E-state index is -0.912. The number of hydrogen-bond donors (Lipinski definition) is 2. The minimum Gasteiger partial charge on any atom is -0.496 e. The Hall–Kier alpha value is -2.68. The van der Waals surface area contributed by atoms with Gasteiger partial charge in [0, 0.05) is 6.42 Å². The van der Waals surface area contributed by atoms with Crippen molar-refractivity contribution in [2.45, 2.75) is 12.8 Å². The van der Waals surface area contributed by atoms with Crippen LogP contribution in [0.25, 0.3) is 0 Å². The van der Waals surface area contributed by atoms with Crippen molar-refractivity contribution in [1.82, 2.24) is 10.2 Å². The lowest BCUT2D eigenvalue weighted by Gasteiger charge is -2.11. The highest BCUT2D eigenvalue weighted by molar-refractivity contribution is 7.15. The second-order valence-corrected chi connectivity index (χ2v) is 5.45. The van der Waals surface area contributed by atoms with Gasteiger partial charge in [-0.25, -0.2) is 0 Å². The molecule has 23 heavy (non-hydrogen) atoms. The van der Waals surface area contributed by atoms with Crippen LogP contribution in [0.15, 0.2) is 18.2 Å². The molecule has 1 heterocycles. The predicted molar refractivity (Wildman–Crippen MR) is 83.4 cm³/mol. The number of carbonyl (C=O) groups excluding carboxylic acids is 1. The summed E-state index contributed by atoms with van der Waals surface area (Å²) in [4.78, 5) is 23.0. The summed E-state index contributed by atoms with van der Waals surface area (Å²) < 4.78 is 10.4. The van der Waals surface area contributed by atoms with Crippen LogP contribution in [0, 0.1) is 0 Å². The van der Waals surface area contributed by atoms with Crippen molar-refractivity contribution in [3.8, 4) is 11.5 Å². The number of aromatic nitrogens is 2. The fourth-order valence-corrected chi connectivity index (χ4v) is 2.59. The van der Waals surface area contributed by atoms with Crippen LogP contribution in [0.3, 0.4) is 0 Å². The van der Waals surface area contributed by atoms with E-state index in [1.807, 2.05) is 0 Å². The molecule has 2 N–H and O–H groups in total. The van der Waals surface area contributed by atoms with E-state index >= 15 is 0 Å². The third kappa shape index (κ3) is 4.16. The molecule has 0 aliphatic heterocycles. The van der Waals surface area contributed by atoms with Crippen molar-refractivity contribution < 1.29 is 24.2 Å². The second kappa shape index (κ2) is 7.54. The van der Waals surface area contributed by atoms with Crippen molar-refractivity contribution in [2.24, 2.45) is 0 Å². The van der Waals surface area contributed by atoms with Gasteiger partial charge in [-0.1, -0.05) is 17.4 Å². The van der Waals surface area contributed by atoms with Gasteiger partial charge < -0.3 is 14.6 Å². The molecule has 2 aromatic rings. The maximum atomic E-state index is 12.4. The molecule has 0 radical (unpaired) electrons. The van der Waals surface area contributed by atoms with Crippen molar-refractivity contribution in [2.75, 3.05) is 19.5 Å². The molecule has 0 fully saturated rings. The van der Waals surface area contributed by atoms with Crippen LogP contribution < -0.4 is 14.8 Å². The van der Waals surface area contributed by atoms with Gasteiger partial charge in [0.05, 0.1) is 20.6 Å². The molecule has 0 saturated carbocycles. The van der Waals surface area contributed by atoms with E-state index in [0.29, 0.717) is 16.5 Å². The number of methoxy groups -OCH3 is 2. The lowest BCUT2D eigenvalue weighted by Crippen LogP contribution is -2.14. The van der Waals surface area contributed by atoms with Crippen LogP contribution >= 0.6 is 11.3 Å². The summed E-state index contributed by atoms with van der Waals surface area (Å²) in [5.41, 5.74) is 0.250. The molecule has 0 spiro atoms. The largest absolute Gasteiger partial charge is 0.496 e. The number of anilines is 1. The number of nitrogens with one attached hydrogen (secondary N) is 1. The molecule has 1 aromatic heterocycles. The number of carboxylic acid groups (broad SMARTS) is 1. The van der Waals surface area contributed by atoms with Crippen LogP contribution in [-0.4, -0.2) is 41.4 Å². The van der Waals surface area contributed by atoms with E-state index < -0.39 is 11.9 Å². The Morgan fingerprint density at radius 2 is 1.87 bits per heavy atom. The lowest BCUT2D eigenvalue weighted by atomic mass is 10.1. The molecule has 0 aliphatic rings. The third-order valence-electron chi connectivity index (χ3n) is 2.89. The molecule has 2 rings (SSSR count). The first-order valence-corrected chi connectivity index (χ1v) is 7.43. The van der Waals surface area contributed by atoms with Gasteiger partial charge in [0.25, 0.3) is 5.91 Å². The zero-order valence-electron chi connectivity index (χ0n) is 12.5. The van der Waals surface area contributed by atoms with E-state index in [9.17, 15) is 9.59 Å². The number of aryl methyl sites for hydroxylation is 1. The molecule has 9 heteroatoms. The van der Waals surface area contributed by atoms with Gasteiger partial charge in [-0.3, -0.25) is 14.9 Å². The number of carbonyl (C=O) groups is 2. The number of carboxylic acids is 1. The first-order valence-electron chi connectivity index (χ1n) is 6.61. The Kier molecular flexibility index (Phi) is 5.47. The van der Waals surface area contributed by atoms with Gasteiger partial charge in [-0.05, 0) is 12.1 Å². The molecule has 0 saturated heterocycles. The van der Waals surface area contributed by atoms with Crippen LogP contribution in [0.4, 0.5) is 5.13 Å². The molecule has 0 aliphatic carbocycles. The highest BCUT2D eigenvalue weighted by Gasteiger charge is 2.19. The number of rotatable bonds is 7. The number of nitrogens with zero attached hydrogens (tertiary/aromatic N) is 2. The van der Waals surface area contributed by atoms with E-state index in [2.05, 4.69) is 15.5 Å². The topological polar surface area (TPSA) is 111 Å². The fourth-order valence-electron chi connectivity index (χ4n) is 1.85. The second-order valence-electron chi connectivity index (χ2n) is 4.39. The Balaban J connectivity index is 2.15. The molecule has 1 aromatic carbocycles. The molecule has 1 amide bonds. The number of amides is 1. The molecule has 8 nitrogen and oxygen atoms in total. The maximum absolute atomic E-state index is 12.4. The number of hydrogen-bond acceptors (Lipinski definition) is 7.